The second-order valence-corrected chi connectivity index (χ2v) is 9.66. The van der Waals surface area contributed by atoms with Gasteiger partial charge in [-0.2, -0.15) is 4.68 Å². The molecule has 0 fully saturated rings. The number of rotatable bonds is 8. The van der Waals surface area contributed by atoms with Crippen molar-refractivity contribution in [3.05, 3.63) is 124 Å². The number of halogens is 2. The van der Waals surface area contributed by atoms with E-state index in [1.165, 1.54) is 29.2 Å². The van der Waals surface area contributed by atoms with Crippen LogP contribution in [0.2, 0.25) is 5.02 Å². The van der Waals surface area contributed by atoms with Gasteiger partial charge in [0, 0.05) is 41.0 Å². The highest BCUT2D eigenvalue weighted by Gasteiger charge is 2.21. The Hall–Kier alpha value is -5.16. The van der Waals surface area contributed by atoms with E-state index in [4.69, 9.17) is 16.3 Å². The molecule has 0 amide bonds. The highest BCUT2D eigenvalue weighted by atomic mass is 35.5. The van der Waals surface area contributed by atoms with Crippen LogP contribution in [0.5, 0.6) is 5.75 Å². The number of tetrazole rings is 1. The Morgan fingerprint density at radius 2 is 1.88 bits per heavy atom. The minimum atomic E-state index is -0.521. The van der Waals surface area contributed by atoms with Gasteiger partial charge in [0.1, 0.15) is 23.7 Å². The lowest BCUT2D eigenvalue weighted by atomic mass is 10.0. The first kappa shape index (κ1) is 26.1. The van der Waals surface area contributed by atoms with E-state index in [-0.39, 0.29) is 11.4 Å². The van der Waals surface area contributed by atoms with Gasteiger partial charge in [0.2, 0.25) is 0 Å². The number of ether oxygens (including phenoxy) is 1. The van der Waals surface area contributed by atoms with Gasteiger partial charge < -0.3 is 14.3 Å². The molecule has 0 aliphatic rings. The molecule has 0 aliphatic heterocycles. The number of pyridine rings is 2. The first-order chi connectivity index (χ1) is 20.0. The topological polar surface area (TPSA) is 116 Å². The largest absolute Gasteiger partial charge is 0.495 e. The van der Waals surface area contributed by atoms with E-state index in [0.29, 0.717) is 45.5 Å². The Morgan fingerprint density at radius 1 is 1.02 bits per heavy atom. The monoisotopic (exact) mass is 568 g/mol. The number of methoxy groups -OCH3 is 1. The second kappa shape index (κ2) is 11.1. The summed E-state index contributed by atoms with van der Waals surface area (Å²) in [7, 11) is 1.57. The van der Waals surface area contributed by atoms with E-state index in [2.05, 4.69) is 30.5 Å². The van der Waals surface area contributed by atoms with Crippen LogP contribution in [0, 0.1) is 5.82 Å². The fourth-order valence-corrected chi connectivity index (χ4v) is 4.80. The molecule has 4 aromatic heterocycles. The average molecular weight is 569 g/mol. The van der Waals surface area contributed by atoms with Gasteiger partial charge >= 0.3 is 0 Å². The van der Waals surface area contributed by atoms with Gasteiger partial charge in [-0.1, -0.05) is 23.7 Å². The highest BCUT2D eigenvalue weighted by molar-refractivity contribution is 6.31. The zero-order chi connectivity index (χ0) is 28.3. The molecule has 10 nitrogen and oxygen atoms in total. The Labute approximate surface area is 238 Å². The van der Waals surface area contributed by atoms with Gasteiger partial charge in [-0.15, -0.1) is 5.10 Å². The molecule has 41 heavy (non-hydrogen) atoms. The molecule has 6 rings (SSSR count). The molecule has 4 heterocycles. The van der Waals surface area contributed by atoms with Crippen LogP contribution in [0.4, 0.5) is 4.39 Å². The summed E-state index contributed by atoms with van der Waals surface area (Å²) in [5.41, 5.74) is 4.06. The molecule has 0 aliphatic carbocycles. The number of hydrogen-bond donors (Lipinski definition) is 1. The maximum atomic E-state index is 13.7. The smallest absolute Gasteiger partial charge is 0.251 e. The summed E-state index contributed by atoms with van der Waals surface area (Å²) < 4.78 is 22.0. The summed E-state index contributed by atoms with van der Waals surface area (Å²) in [6.45, 7) is 0. The van der Waals surface area contributed by atoms with Crippen LogP contribution in [0.25, 0.3) is 28.1 Å². The quantitative estimate of drug-likeness (QED) is 0.277. The van der Waals surface area contributed by atoms with Crippen LogP contribution in [-0.2, 0) is 6.42 Å². The molecule has 6 aromatic rings. The number of aromatic nitrogens is 8. The first-order valence-electron chi connectivity index (χ1n) is 12.5. The SMILES string of the molecule is COc1cncc(-c2cnc([C@@H](Cc3ccc(F)cc3)n3ccc(-c4cc(Cl)ccc4-n4cnnn4)cc3=O)[nH]2)c1. The fourth-order valence-electron chi connectivity index (χ4n) is 4.63. The normalized spacial score (nSPS) is 11.9. The lowest BCUT2D eigenvalue weighted by molar-refractivity contribution is 0.413. The van der Waals surface area contributed by atoms with E-state index < -0.39 is 6.04 Å². The van der Waals surface area contributed by atoms with E-state index in [1.54, 1.807) is 66.8 Å². The molecule has 0 spiro atoms. The summed E-state index contributed by atoms with van der Waals surface area (Å²) >= 11 is 6.31. The Balaban J connectivity index is 1.41. The number of nitrogens with zero attached hydrogens (tertiary/aromatic N) is 7. The molecule has 1 N–H and O–H groups in total. The van der Waals surface area contributed by atoms with Crippen LogP contribution < -0.4 is 10.3 Å². The first-order valence-corrected chi connectivity index (χ1v) is 12.9. The van der Waals surface area contributed by atoms with Crippen molar-refractivity contribution in [2.45, 2.75) is 12.5 Å². The van der Waals surface area contributed by atoms with Gasteiger partial charge in [-0.3, -0.25) is 9.78 Å². The number of hydrogen-bond acceptors (Lipinski definition) is 7. The Bertz CT molecular complexity index is 1870. The average Bonchev–Trinajstić information content (AvgIpc) is 3.70. The van der Waals surface area contributed by atoms with Crippen molar-refractivity contribution in [3.63, 3.8) is 0 Å². The van der Waals surface area contributed by atoms with Crippen molar-refractivity contribution in [1.82, 2.24) is 39.7 Å². The minimum Gasteiger partial charge on any atom is -0.495 e. The molecule has 0 saturated carbocycles. The van der Waals surface area contributed by atoms with Gasteiger partial charge in [0.25, 0.3) is 5.56 Å². The third kappa shape index (κ3) is 5.48. The van der Waals surface area contributed by atoms with Crippen molar-refractivity contribution in [3.8, 4) is 33.8 Å². The van der Waals surface area contributed by atoms with Crippen molar-refractivity contribution in [2.24, 2.45) is 0 Å². The van der Waals surface area contributed by atoms with Crippen LogP contribution in [0.3, 0.4) is 0 Å². The molecule has 1 atom stereocenters. The fraction of sp³-hybridized carbons (Fsp3) is 0.103. The molecular formula is C29H22ClFN8O2. The Morgan fingerprint density at radius 3 is 2.63 bits per heavy atom. The minimum absolute atomic E-state index is 0.266. The standard InChI is InChI=1S/C29H22ClFN8O2/c1-41-23-11-20(14-32-15-23)25-16-33-29(35-25)27(10-18-2-5-22(31)6-3-18)38-9-8-19(12-28(38)40)24-13-21(30)4-7-26(24)39-17-34-36-37-39/h2-9,11-17,27H,10H2,1H3,(H,33,35)/t27-/m1/s1. The van der Waals surface area contributed by atoms with Crippen molar-refractivity contribution in [2.75, 3.05) is 7.11 Å². The molecule has 2 aromatic carbocycles. The van der Waals surface area contributed by atoms with Gasteiger partial charge in [0.15, 0.2) is 0 Å². The third-order valence-electron chi connectivity index (χ3n) is 6.66. The zero-order valence-corrected chi connectivity index (χ0v) is 22.4. The lowest BCUT2D eigenvalue weighted by Gasteiger charge is -2.19. The summed E-state index contributed by atoms with van der Waals surface area (Å²) in [4.78, 5) is 25.8. The van der Waals surface area contributed by atoms with Gasteiger partial charge in [-0.25, -0.2) is 9.37 Å². The molecule has 0 saturated heterocycles. The number of H-pyrrole nitrogens is 1. The molecule has 0 bridgehead atoms. The molecule has 204 valence electrons. The van der Waals surface area contributed by atoms with E-state index in [1.807, 2.05) is 12.1 Å². The van der Waals surface area contributed by atoms with Gasteiger partial charge in [-0.05, 0) is 64.0 Å². The van der Waals surface area contributed by atoms with Crippen molar-refractivity contribution in [1.29, 1.82) is 0 Å². The maximum absolute atomic E-state index is 13.7. The van der Waals surface area contributed by atoms with E-state index in [0.717, 1.165) is 11.1 Å². The number of aromatic amines is 1. The number of nitrogens with one attached hydrogen (secondary N) is 1. The predicted molar refractivity (Wildman–Crippen MR) is 150 cm³/mol. The summed E-state index contributed by atoms with van der Waals surface area (Å²) in [6.07, 6.45) is 8.57. The Kier molecular flexibility index (Phi) is 7.09. The van der Waals surface area contributed by atoms with Gasteiger partial charge in [0.05, 0.1) is 36.9 Å². The summed E-state index contributed by atoms with van der Waals surface area (Å²) in [5, 5.41) is 11.9. The molecule has 0 unspecified atom stereocenters. The van der Waals surface area contributed by atoms with E-state index in [9.17, 15) is 9.18 Å². The molecule has 12 heteroatoms. The zero-order valence-electron chi connectivity index (χ0n) is 21.6. The number of benzene rings is 2. The maximum Gasteiger partial charge on any atom is 0.251 e. The van der Waals surface area contributed by atoms with Crippen LogP contribution in [0.15, 0.2) is 96.6 Å². The van der Waals surface area contributed by atoms with Crippen LogP contribution >= 0.6 is 11.6 Å². The summed E-state index contributed by atoms with van der Waals surface area (Å²) in [6, 6.07) is 16.1. The lowest BCUT2D eigenvalue weighted by Crippen LogP contribution is -2.27. The highest BCUT2D eigenvalue weighted by Crippen LogP contribution is 2.30. The molecule has 0 radical (unpaired) electrons. The van der Waals surface area contributed by atoms with Crippen LogP contribution in [0.1, 0.15) is 17.4 Å². The predicted octanol–water partition coefficient (Wildman–Crippen LogP) is 4.91. The van der Waals surface area contributed by atoms with Crippen molar-refractivity contribution < 1.29 is 9.13 Å². The van der Waals surface area contributed by atoms with Crippen molar-refractivity contribution >= 4 is 11.6 Å². The summed E-state index contributed by atoms with van der Waals surface area (Å²) in [5.74, 6) is 0.826. The third-order valence-corrected chi connectivity index (χ3v) is 6.90. The number of imidazole rings is 1. The molecular weight excluding hydrogens is 547 g/mol. The second-order valence-electron chi connectivity index (χ2n) is 9.22. The van der Waals surface area contributed by atoms with E-state index >= 15 is 0 Å². The van der Waals surface area contributed by atoms with Crippen LogP contribution in [-0.4, -0.2) is 46.8 Å².